The molecule has 4 rings (SSSR count). The summed E-state index contributed by atoms with van der Waals surface area (Å²) >= 11 is 0. The maximum absolute atomic E-state index is 15.0. The predicted molar refractivity (Wildman–Crippen MR) is 96.6 cm³/mol. The highest BCUT2D eigenvalue weighted by Gasteiger charge is 2.33. The number of pyridine rings is 2. The topological polar surface area (TPSA) is 88.0 Å². The van der Waals surface area contributed by atoms with Gasteiger partial charge in [0.05, 0.1) is 17.4 Å². The zero-order valence-electron chi connectivity index (χ0n) is 14.8. The van der Waals surface area contributed by atoms with Gasteiger partial charge < -0.3 is 15.7 Å². The zero-order valence-corrected chi connectivity index (χ0v) is 14.8. The fraction of sp³-hybridized carbons (Fsp3) is 0.474. The number of hydrogen-bond acceptors (Lipinski definition) is 4. The Morgan fingerprint density at radius 3 is 2.58 bits per heavy atom. The number of rotatable bonds is 3. The van der Waals surface area contributed by atoms with E-state index in [1.807, 2.05) is 11.8 Å². The maximum Gasteiger partial charge on any atom is 0.341 e. The lowest BCUT2D eigenvalue weighted by atomic mass is 10.0. The number of hydrogen-bond donors (Lipinski definition) is 2. The molecule has 2 atom stereocenters. The average molecular weight is 359 g/mol. The van der Waals surface area contributed by atoms with E-state index in [0.29, 0.717) is 29.9 Å². The van der Waals surface area contributed by atoms with Crippen molar-refractivity contribution in [3.05, 3.63) is 45.1 Å². The van der Waals surface area contributed by atoms with E-state index in [4.69, 9.17) is 5.73 Å². The Kier molecular flexibility index (Phi) is 3.80. The van der Waals surface area contributed by atoms with Crippen LogP contribution in [0.25, 0.3) is 5.52 Å². The molecule has 1 saturated heterocycles. The molecular formula is C19H22FN3O3. The van der Waals surface area contributed by atoms with E-state index < -0.39 is 17.3 Å². The van der Waals surface area contributed by atoms with Gasteiger partial charge in [-0.1, -0.05) is 6.92 Å². The second-order valence-corrected chi connectivity index (χ2v) is 7.61. The summed E-state index contributed by atoms with van der Waals surface area (Å²) < 4.78 is 16.1. The third kappa shape index (κ3) is 2.49. The highest BCUT2D eigenvalue weighted by Crippen LogP contribution is 2.44. The molecular weight excluding hydrogens is 337 g/mol. The molecule has 138 valence electrons. The van der Waals surface area contributed by atoms with Gasteiger partial charge in [0, 0.05) is 19.1 Å². The lowest BCUT2D eigenvalue weighted by Gasteiger charge is -2.24. The first-order chi connectivity index (χ1) is 12.3. The van der Waals surface area contributed by atoms with Crippen LogP contribution in [0.2, 0.25) is 0 Å². The normalized spacial score (nSPS) is 23.0. The fourth-order valence-corrected chi connectivity index (χ4v) is 4.06. The molecule has 2 aromatic heterocycles. The molecule has 0 radical (unpaired) electrons. The number of carboxylic acid groups (broad SMARTS) is 1. The number of nitrogens with zero attached hydrogens (tertiary/aromatic N) is 2. The third-order valence-corrected chi connectivity index (χ3v) is 5.68. The number of fused-ring (bicyclic) bond motifs is 1. The van der Waals surface area contributed by atoms with Crippen molar-refractivity contribution in [1.29, 1.82) is 0 Å². The Morgan fingerprint density at radius 2 is 2.04 bits per heavy atom. The summed E-state index contributed by atoms with van der Waals surface area (Å²) in [5.74, 6) is -1.33. The first kappa shape index (κ1) is 17.0. The molecule has 0 spiro atoms. The number of nitrogens with two attached hydrogens (primary N) is 1. The summed E-state index contributed by atoms with van der Waals surface area (Å²) in [5.41, 5.74) is 7.67. The average Bonchev–Trinajstić information content (AvgIpc) is 3.35. The van der Waals surface area contributed by atoms with Crippen LogP contribution in [0.5, 0.6) is 0 Å². The van der Waals surface area contributed by atoms with Crippen molar-refractivity contribution < 1.29 is 14.3 Å². The molecule has 1 aliphatic carbocycles. The van der Waals surface area contributed by atoms with Crippen LogP contribution in [0.15, 0.2) is 17.1 Å². The van der Waals surface area contributed by atoms with Crippen molar-refractivity contribution in [2.45, 2.75) is 38.6 Å². The van der Waals surface area contributed by atoms with E-state index in [0.717, 1.165) is 24.6 Å². The van der Waals surface area contributed by atoms with E-state index in [1.165, 1.54) is 10.5 Å². The Balaban J connectivity index is 2.00. The molecule has 2 fully saturated rings. The minimum Gasteiger partial charge on any atom is -0.477 e. The van der Waals surface area contributed by atoms with Crippen molar-refractivity contribution >= 4 is 17.2 Å². The van der Waals surface area contributed by atoms with Gasteiger partial charge in [0.15, 0.2) is 5.82 Å². The number of carbonyl (C=O) groups is 1. The highest BCUT2D eigenvalue weighted by atomic mass is 19.1. The molecule has 3 heterocycles. The summed E-state index contributed by atoms with van der Waals surface area (Å²) in [6.45, 7) is 5.06. The number of carboxylic acids is 1. The number of aromatic carboxylic acids is 1. The summed E-state index contributed by atoms with van der Waals surface area (Å²) in [6.07, 6.45) is 3.03. The first-order valence-corrected chi connectivity index (χ1v) is 8.91. The smallest absolute Gasteiger partial charge is 0.341 e. The van der Waals surface area contributed by atoms with Crippen LogP contribution in [-0.4, -0.2) is 34.6 Å². The van der Waals surface area contributed by atoms with Crippen molar-refractivity contribution in [2.75, 3.05) is 18.0 Å². The lowest BCUT2D eigenvalue weighted by molar-refractivity contribution is 0.0694. The van der Waals surface area contributed by atoms with Gasteiger partial charge in [0.25, 0.3) is 5.56 Å². The Morgan fingerprint density at radius 1 is 1.35 bits per heavy atom. The molecule has 1 aliphatic heterocycles. The molecule has 2 aliphatic rings. The fourth-order valence-electron chi connectivity index (χ4n) is 4.06. The van der Waals surface area contributed by atoms with E-state index in [9.17, 15) is 19.1 Å². The summed E-state index contributed by atoms with van der Waals surface area (Å²) in [6, 6.07) is 1.45. The molecule has 0 aromatic carbocycles. The standard InChI is InChI=1S/C19H22FN3O3/c1-9-6-22(8-15(9)21)17-10(2)16-12(11-3-4-11)5-13(19(25)26)18(24)23(16)7-14(17)20/h5,7,9,11,15H,3-4,6,8,21H2,1-2H3,(H,25,26)/t9-,15-/m0/s1. The summed E-state index contributed by atoms with van der Waals surface area (Å²) in [7, 11) is 0. The van der Waals surface area contributed by atoms with Crippen LogP contribution < -0.4 is 16.2 Å². The molecule has 0 bridgehead atoms. The first-order valence-electron chi connectivity index (χ1n) is 8.91. The Bertz CT molecular complexity index is 970. The van der Waals surface area contributed by atoms with Crippen LogP contribution in [0, 0.1) is 18.7 Å². The molecule has 7 heteroatoms. The largest absolute Gasteiger partial charge is 0.477 e. The van der Waals surface area contributed by atoms with Gasteiger partial charge in [0.2, 0.25) is 0 Å². The molecule has 0 unspecified atom stereocenters. The van der Waals surface area contributed by atoms with E-state index in [2.05, 4.69) is 0 Å². The van der Waals surface area contributed by atoms with Crippen molar-refractivity contribution in [3.8, 4) is 0 Å². The van der Waals surface area contributed by atoms with Crippen molar-refractivity contribution in [1.82, 2.24) is 4.40 Å². The maximum atomic E-state index is 15.0. The minimum atomic E-state index is -1.28. The van der Waals surface area contributed by atoms with Gasteiger partial charge in [0.1, 0.15) is 5.56 Å². The van der Waals surface area contributed by atoms with Crippen LogP contribution in [0.1, 0.15) is 47.2 Å². The third-order valence-electron chi connectivity index (χ3n) is 5.68. The predicted octanol–water partition coefficient (Wildman–Crippen LogP) is 2.11. The van der Waals surface area contributed by atoms with Crippen LogP contribution in [0.3, 0.4) is 0 Å². The number of anilines is 1. The van der Waals surface area contributed by atoms with Crippen LogP contribution in [-0.2, 0) is 0 Å². The van der Waals surface area contributed by atoms with Crippen molar-refractivity contribution in [3.63, 3.8) is 0 Å². The number of halogens is 1. The van der Waals surface area contributed by atoms with Gasteiger partial charge in [-0.25, -0.2) is 9.18 Å². The van der Waals surface area contributed by atoms with Crippen molar-refractivity contribution in [2.24, 2.45) is 11.7 Å². The molecule has 0 amide bonds. The Hall–Kier alpha value is -2.41. The molecule has 1 saturated carbocycles. The van der Waals surface area contributed by atoms with Crippen LogP contribution >= 0.6 is 0 Å². The number of aromatic nitrogens is 1. The lowest BCUT2D eigenvalue weighted by Crippen LogP contribution is -2.30. The quantitative estimate of drug-likeness (QED) is 0.876. The monoisotopic (exact) mass is 359 g/mol. The van der Waals surface area contributed by atoms with Gasteiger partial charge in [-0.2, -0.15) is 0 Å². The molecule has 6 nitrogen and oxygen atoms in total. The van der Waals surface area contributed by atoms with Gasteiger partial charge >= 0.3 is 5.97 Å². The summed E-state index contributed by atoms with van der Waals surface area (Å²) in [5, 5.41) is 9.35. The zero-order chi connectivity index (χ0) is 18.7. The molecule has 2 aromatic rings. The van der Waals surface area contributed by atoms with E-state index in [1.54, 1.807) is 6.92 Å². The molecule has 3 N–H and O–H groups in total. The molecule has 26 heavy (non-hydrogen) atoms. The van der Waals surface area contributed by atoms with Gasteiger partial charge in [-0.15, -0.1) is 0 Å². The van der Waals surface area contributed by atoms with Crippen LogP contribution in [0.4, 0.5) is 10.1 Å². The second-order valence-electron chi connectivity index (χ2n) is 7.61. The van der Waals surface area contributed by atoms with Gasteiger partial charge in [-0.05, 0) is 48.8 Å². The van der Waals surface area contributed by atoms with Gasteiger partial charge in [-0.3, -0.25) is 9.20 Å². The SMILES string of the molecule is Cc1c(N2C[C@H](C)[C@@H](N)C2)c(F)cn2c(=O)c(C(=O)O)cc(C3CC3)c12. The Labute approximate surface area is 150 Å². The van der Waals surface area contributed by atoms with E-state index in [-0.39, 0.29) is 23.4 Å². The highest BCUT2D eigenvalue weighted by molar-refractivity contribution is 5.89. The minimum absolute atomic E-state index is 0.0236. The second kappa shape index (κ2) is 5.81. The van der Waals surface area contributed by atoms with E-state index >= 15 is 0 Å². The number of aryl methyl sites for hydroxylation is 1. The summed E-state index contributed by atoms with van der Waals surface area (Å²) in [4.78, 5) is 26.0.